The smallest absolute Gasteiger partial charge is 0.252 e. The topological polar surface area (TPSA) is 55.1 Å². The molecule has 0 aliphatic rings. The summed E-state index contributed by atoms with van der Waals surface area (Å²) < 4.78 is 5.27. The third kappa shape index (κ3) is 4.13. The summed E-state index contributed by atoms with van der Waals surface area (Å²) in [6.45, 7) is 0.328. The van der Waals surface area contributed by atoms with Gasteiger partial charge in [0.2, 0.25) is 0 Å². The molecule has 0 saturated heterocycles. The first-order chi connectivity index (χ1) is 12.7. The van der Waals surface area contributed by atoms with Gasteiger partial charge in [-0.2, -0.15) is 0 Å². The normalized spacial score (nSPS) is 10.4. The number of furan rings is 1. The Bertz CT molecular complexity index is 1080. The van der Waals surface area contributed by atoms with Crippen LogP contribution in [-0.2, 0) is 6.54 Å². The van der Waals surface area contributed by atoms with Crippen LogP contribution in [0.4, 0.5) is 0 Å². The molecule has 4 aromatic rings. The summed E-state index contributed by atoms with van der Waals surface area (Å²) in [6, 6.07) is 20.4. The van der Waals surface area contributed by atoms with Crippen molar-refractivity contribution in [2.24, 2.45) is 0 Å². The fraction of sp³-hybridized carbons (Fsp3) is 0.0476. The second-order valence-corrected chi connectivity index (χ2v) is 6.28. The van der Waals surface area contributed by atoms with Gasteiger partial charge in [0.05, 0.1) is 29.6 Å². The predicted molar refractivity (Wildman–Crippen MR) is 109 cm³/mol. The maximum absolute atomic E-state index is 12.8. The number of para-hydroxylation sites is 1. The van der Waals surface area contributed by atoms with Crippen LogP contribution in [0.3, 0.4) is 0 Å². The lowest BCUT2D eigenvalue weighted by Crippen LogP contribution is -2.23. The first-order valence-corrected chi connectivity index (χ1v) is 8.55. The Labute approximate surface area is 167 Å². The summed E-state index contributed by atoms with van der Waals surface area (Å²) in [6.07, 6.45) is 1.58. The molecule has 27 heavy (non-hydrogen) atoms. The van der Waals surface area contributed by atoms with Crippen molar-refractivity contribution in [3.8, 4) is 11.3 Å². The zero-order valence-electron chi connectivity index (χ0n) is 14.2. The molecule has 0 fully saturated rings. The van der Waals surface area contributed by atoms with Gasteiger partial charge in [-0.15, -0.1) is 12.4 Å². The fourth-order valence-corrected chi connectivity index (χ4v) is 3.03. The van der Waals surface area contributed by atoms with E-state index in [9.17, 15) is 4.79 Å². The summed E-state index contributed by atoms with van der Waals surface area (Å²) >= 11 is 6.10. The van der Waals surface area contributed by atoms with E-state index >= 15 is 0 Å². The van der Waals surface area contributed by atoms with Crippen LogP contribution in [0.25, 0.3) is 22.2 Å². The molecule has 2 aromatic heterocycles. The van der Waals surface area contributed by atoms with Crippen molar-refractivity contribution in [3.63, 3.8) is 0 Å². The number of nitrogens with zero attached hydrogens (tertiary/aromatic N) is 1. The largest absolute Gasteiger partial charge is 0.467 e. The van der Waals surface area contributed by atoms with Crippen LogP contribution in [0.15, 0.2) is 77.4 Å². The Hall–Kier alpha value is -2.82. The molecule has 0 aliphatic heterocycles. The molecule has 0 radical (unpaired) electrons. The summed E-state index contributed by atoms with van der Waals surface area (Å²) in [7, 11) is 0. The lowest BCUT2D eigenvalue weighted by atomic mass is 10.0. The van der Waals surface area contributed by atoms with Gasteiger partial charge in [-0.25, -0.2) is 4.98 Å². The van der Waals surface area contributed by atoms with E-state index in [2.05, 4.69) is 10.3 Å². The molecular weight excluding hydrogens is 383 g/mol. The molecule has 1 amide bonds. The van der Waals surface area contributed by atoms with Crippen LogP contribution in [0.2, 0.25) is 5.02 Å². The standard InChI is InChI=1S/C21H15ClN2O2.ClH/c22-15-6-3-5-14(11-15)20-12-18(17-8-1-2-9-19(17)24-20)21(25)23-13-16-7-4-10-26-16;/h1-12H,13H2,(H,23,25);1H. The number of fused-ring (bicyclic) bond motifs is 1. The number of hydrogen-bond acceptors (Lipinski definition) is 3. The average molecular weight is 399 g/mol. The number of aromatic nitrogens is 1. The van der Waals surface area contributed by atoms with Gasteiger partial charge in [-0.1, -0.05) is 41.9 Å². The molecule has 2 heterocycles. The number of halogens is 2. The first-order valence-electron chi connectivity index (χ1n) is 8.17. The Morgan fingerprint density at radius 2 is 1.89 bits per heavy atom. The number of benzene rings is 2. The van der Waals surface area contributed by atoms with Crippen molar-refractivity contribution < 1.29 is 9.21 Å². The van der Waals surface area contributed by atoms with Crippen molar-refractivity contribution in [2.45, 2.75) is 6.54 Å². The van der Waals surface area contributed by atoms with E-state index in [0.717, 1.165) is 16.5 Å². The molecule has 0 saturated carbocycles. The number of carbonyl (C=O) groups excluding carboxylic acids is 1. The highest BCUT2D eigenvalue weighted by atomic mass is 35.5. The zero-order chi connectivity index (χ0) is 17.9. The van der Waals surface area contributed by atoms with Crippen LogP contribution in [-0.4, -0.2) is 10.9 Å². The average Bonchev–Trinajstić information content (AvgIpc) is 3.19. The quantitative estimate of drug-likeness (QED) is 0.493. The predicted octanol–water partition coefficient (Wildman–Crippen LogP) is 5.50. The minimum atomic E-state index is -0.178. The minimum Gasteiger partial charge on any atom is -0.467 e. The monoisotopic (exact) mass is 398 g/mol. The van der Waals surface area contributed by atoms with Crippen LogP contribution >= 0.6 is 24.0 Å². The second kappa shape index (κ2) is 8.25. The van der Waals surface area contributed by atoms with E-state index in [4.69, 9.17) is 16.0 Å². The lowest BCUT2D eigenvalue weighted by molar-refractivity contribution is 0.0949. The van der Waals surface area contributed by atoms with Gasteiger partial charge < -0.3 is 9.73 Å². The highest BCUT2D eigenvalue weighted by molar-refractivity contribution is 6.30. The SMILES string of the molecule is Cl.O=C(NCc1ccco1)c1cc(-c2cccc(Cl)c2)nc2ccccc12. The van der Waals surface area contributed by atoms with Crippen molar-refractivity contribution >= 4 is 40.8 Å². The molecule has 0 aliphatic carbocycles. The highest BCUT2D eigenvalue weighted by Gasteiger charge is 2.14. The Balaban J connectivity index is 0.00000210. The van der Waals surface area contributed by atoms with Crippen molar-refractivity contribution in [3.05, 3.63) is 89.3 Å². The molecule has 0 atom stereocenters. The molecule has 0 spiro atoms. The number of nitrogens with one attached hydrogen (secondary N) is 1. The maximum atomic E-state index is 12.8. The zero-order valence-corrected chi connectivity index (χ0v) is 15.8. The maximum Gasteiger partial charge on any atom is 0.252 e. The van der Waals surface area contributed by atoms with E-state index in [1.165, 1.54) is 0 Å². The Morgan fingerprint density at radius 1 is 1.04 bits per heavy atom. The second-order valence-electron chi connectivity index (χ2n) is 5.84. The number of pyridine rings is 1. The molecule has 0 bridgehead atoms. The first kappa shape index (κ1) is 19.0. The third-order valence-corrected chi connectivity index (χ3v) is 4.32. The van der Waals surface area contributed by atoms with Gasteiger partial charge >= 0.3 is 0 Å². The van der Waals surface area contributed by atoms with E-state index in [-0.39, 0.29) is 18.3 Å². The van der Waals surface area contributed by atoms with Gasteiger partial charge in [0.1, 0.15) is 5.76 Å². The number of amides is 1. The highest BCUT2D eigenvalue weighted by Crippen LogP contribution is 2.26. The van der Waals surface area contributed by atoms with Gasteiger partial charge in [-0.3, -0.25) is 4.79 Å². The number of carbonyl (C=O) groups is 1. The molecule has 136 valence electrons. The molecule has 1 N–H and O–H groups in total. The van der Waals surface area contributed by atoms with E-state index in [1.807, 2.05) is 54.6 Å². The van der Waals surface area contributed by atoms with Crippen LogP contribution < -0.4 is 5.32 Å². The third-order valence-electron chi connectivity index (χ3n) is 4.08. The summed E-state index contributed by atoms with van der Waals surface area (Å²) in [4.78, 5) is 17.5. The van der Waals surface area contributed by atoms with Crippen LogP contribution in [0.1, 0.15) is 16.1 Å². The van der Waals surface area contributed by atoms with Crippen molar-refractivity contribution in [2.75, 3.05) is 0 Å². The van der Waals surface area contributed by atoms with Crippen molar-refractivity contribution in [1.29, 1.82) is 0 Å². The van der Waals surface area contributed by atoms with Gasteiger partial charge in [0.15, 0.2) is 0 Å². The van der Waals surface area contributed by atoms with Crippen molar-refractivity contribution in [1.82, 2.24) is 10.3 Å². The Morgan fingerprint density at radius 3 is 2.67 bits per heavy atom. The van der Waals surface area contributed by atoms with Gasteiger partial charge in [0.25, 0.3) is 5.91 Å². The van der Waals surface area contributed by atoms with Crippen LogP contribution in [0.5, 0.6) is 0 Å². The summed E-state index contributed by atoms with van der Waals surface area (Å²) in [5, 5.41) is 4.32. The molecule has 6 heteroatoms. The summed E-state index contributed by atoms with van der Waals surface area (Å²) in [5.41, 5.74) is 2.89. The molecule has 4 nitrogen and oxygen atoms in total. The number of hydrogen-bond donors (Lipinski definition) is 1. The Kier molecular flexibility index (Phi) is 5.79. The lowest BCUT2D eigenvalue weighted by Gasteiger charge is -2.10. The molecule has 0 unspecified atom stereocenters. The van der Waals surface area contributed by atoms with E-state index in [1.54, 1.807) is 18.4 Å². The molecular formula is C21H16Cl2N2O2. The fourth-order valence-electron chi connectivity index (χ4n) is 2.83. The number of rotatable bonds is 4. The van der Waals surface area contributed by atoms with E-state index in [0.29, 0.717) is 28.6 Å². The van der Waals surface area contributed by atoms with Gasteiger partial charge in [0, 0.05) is 16.0 Å². The van der Waals surface area contributed by atoms with Crippen LogP contribution in [0, 0.1) is 0 Å². The molecule has 4 rings (SSSR count). The minimum absolute atomic E-state index is 0. The van der Waals surface area contributed by atoms with E-state index < -0.39 is 0 Å². The summed E-state index contributed by atoms with van der Waals surface area (Å²) in [5.74, 6) is 0.523. The van der Waals surface area contributed by atoms with Gasteiger partial charge in [-0.05, 0) is 36.4 Å². The molecule has 2 aromatic carbocycles.